The minimum Gasteiger partial charge on any atom is -0.348 e. The highest BCUT2D eigenvalue weighted by Crippen LogP contribution is 2.43. The topological polar surface area (TPSA) is 69.3 Å². The van der Waals surface area contributed by atoms with E-state index >= 15 is 0 Å². The van der Waals surface area contributed by atoms with E-state index in [2.05, 4.69) is 46.1 Å². The molecular formula is C19H26N4O2S. The number of aryl methyl sites for hydroxylation is 1. The Kier molecular flexibility index (Phi) is 4.41. The number of sulfonamides is 1. The fourth-order valence-electron chi connectivity index (χ4n) is 4.46. The van der Waals surface area contributed by atoms with Crippen LogP contribution in [0.4, 0.5) is 0 Å². The van der Waals surface area contributed by atoms with Gasteiger partial charge in [0.2, 0.25) is 10.0 Å². The standard InChI is InChI=1S/C19H26N4O2S/c1-15-3-5-16(6-4-15)13-22-11-8-19(9-12-22)18-17(20-14-21-18)7-10-23(19)26(2,24)25/h3-6,14H,7-13H2,1-2H3,(H,20,21). The summed E-state index contributed by atoms with van der Waals surface area (Å²) < 4.78 is 26.6. The van der Waals surface area contributed by atoms with E-state index < -0.39 is 15.6 Å². The van der Waals surface area contributed by atoms with Crippen LogP contribution in [0, 0.1) is 6.92 Å². The molecule has 1 spiro atoms. The second-order valence-corrected chi connectivity index (χ2v) is 9.51. The van der Waals surface area contributed by atoms with Crippen molar-refractivity contribution in [2.75, 3.05) is 25.9 Å². The van der Waals surface area contributed by atoms with E-state index in [1.165, 1.54) is 17.4 Å². The number of H-pyrrole nitrogens is 1. The van der Waals surface area contributed by atoms with Crippen molar-refractivity contribution in [3.63, 3.8) is 0 Å². The number of likely N-dealkylation sites (tertiary alicyclic amines) is 1. The lowest BCUT2D eigenvalue weighted by atomic mass is 9.80. The SMILES string of the molecule is Cc1ccc(CN2CCC3(CC2)c2nc[nH]c2CCN3S(C)(=O)=O)cc1. The number of piperidine rings is 1. The number of nitrogens with one attached hydrogen (secondary N) is 1. The molecule has 0 atom stereocenters. The summed E-state index contributed by atoms with van der Waals surface area (Å²) in [6.07, 6.45) is 5.30. The maximum atomic E-state index is 12.5. The van der Waals surface area contributed by atoms with Crippen molar-refractivity contribution in [1.82, 2.24) is 19.2 Å². The predicted molar refractivity (Wildman–Crippen MR) is 101 cm³/mol. The molecule has 6 nitrogen and oxygen atoms in total. The van der Waals surface area contributed by atoms with Crippen LogP contribution >= 0.6 is 0 Å². The summed E-state index contributed by atoms with van der Waals surface area (Å²) in [6.45, 7) is 5.27. The molecular weight excluding hydrogens is 348 g/mol. The summed E-state index contributed by atoms with van der Waals surface area (Å²) in [4.78, 5) is 10.2. The maximum Gasteiger partial charge on any atom is 0.212 e. The lowest BCUT2D eigenvalue weighted by molar-refractivity contribution is 0.0604. The zero-order valence-corrected chi connectivity index (χ0v) is 16.2. The third kappa shape index (κ3) is 3.08. The van der Waals surface area contributed by atoms with Gasteiger partial charge in [0.1, 0.15) is 0 Å². The number of aromatic amines is 1. The Morgan fingerprint density at radius 1 is 1.15 bits per heavy atom. The Labute approximate surface area is 155 Å². The van der Waals surface area contributed by atoms with Crippen LogP contribution in [-0.2, 0) is 28.5 Å². The summed E-state index contributed by atoms with van der Waals surface area (Å²) in [5.41, 5.74) is 4.10. The Morgan fingerprint density at radius 3 is 2.50 bits per heavy atom. The van der Waals surface area contributed by atoms with Gasteiger partial charge in [-0.25, -0.2) is 13.4 Å². The molecule has 3 heterocycles. The van der Waals surface area contributed by atoms with E-state index in [9.17, 15) is 8.42 Å². The Morgan fingerprint density at radius 2 is 1.85 bits per heavy atom. The first-order chi connectivity index (χ1) is 12.4. The highest BCUT2D eigenvalue weighted by atomic mass is 32.2. The number of rotatable bonds is 3. The third-order valence-corrected chi connectivity index (χ3v) is 7.14. The van der Waals surface area contributed by atoms with Gasteiger partial charge in [-0.3, -0.25) is 4.90 Å². The molecule has 7 heteroatoms. The van der Waals surface area contributed by atoms with E-state index in [1.807, 2.05) is 0 Å². The summed E-state index contributed by atoms with van der Waals surface area (Å²) in [5, 5.41) is 0. The molecule has 0 radical (unpaired) electrons. The molecule has 140 valence electrons. The molecule has 2 aromatic rings. The number of benzene rings is 1. The number of aromatic nitrogens is 2. The van der Waals surface area contributed by atoms with Crippen LogP contribution in [0.3, 0.4) is 0 Å². The molecule has 4 rings (SSSR count). The van der Waals surface area contributed by atoms with Crippen molar-refractivity contribution < 1.29 is 8.42 Å². The highest BCUT2D eigenvalue weighted by molar-refractivity contribution is 7.88. The van der Waals surface area contributed by atoms with Crippen molar-refractivity contribution in [2.45, 2.75) is 38.3 Å². The lowest BCUT2D eigenvalue weighted by Crippen LogP contribution is -2.57. The normalized spacial score (nSPS) is 21.0. The molecule has 2 aliphatic rings. The molecule has 2 aliphatic heterocycles. The first-order valence-corrected chi connectivity index (χ1v) is 11.0. The highest BCUT2D eigenvalue weighted by Gasteiger charge is 2.50. The Balaban J connectivity index is 1.56. The Hall–Kier alpha value is -1.70. The van der Waals surface area contributed by atoms with Gasteiger partial charge in [0.15, 0.2) is 0 Å². The van der Waals surface area contributed by atoms with Crippen LogP contribution in [0.1, 0.15) is 35.4 Å². The molecule has 0 bridgehead atoms. The van der Waals surface area contributed by atoms with Crippen molar-refractivity contribution in [1.29, 1.82) is 0 Å². The molecule has 1 fully saturated rings. The minimum absolute atomic E-state index is 0.495. The van der Waals surface area contributed by atoms with Gasteiger partial charge in [0, 0.05) is 38.3 Å². The van der Waals surface area contributed by atoms with Gasteiger partial charge in [-0.15, -0.1) is 0 Å². The summed E-state index contributed by atoms with van der Waals surface area (Å²) in [7, 11) is -3.27. The average molecular weight is 375 g/mol. The number of hydrogen-bond acceptors (Lipinski definition) is 4. The van der Waals surface area contributed by atoms with Crippen LogP contribution in [-0.4, -0.2) is 53.5 Å². The summed E-state index contributed by atoms with van der Waals surface area (Å²) in [5.74, 6) is 0. The fourth-order valence-corrected chi connectivity index (χ4v) is 5.79. The zero-order chi connectivity index (χ0) is 18.4. The summed E-state index contributed by atoms with van der Waals surface area (Å²) in [6, 6.07) is 8.64. The van der Waals surface area contributed by atoms with Gasteiger partial charge < -0.3 is 4.98 Å². The average Bonchev–Trinajstić information content (AvgIpc) is 3.08. The van der Waals surface area contributed by atoms with Gasteiger partial charge in [0.25, 0.3) is 0 Å². The third-order valence-electron chi connectivity index (χ3n) is 5.81. The largest absolute Gasteiger partial charge is 0.348 e. The van der Waals surface area contributed by atoms with Crippen LogP contribution in [0.2, 0.25) is 0 Å². The van der Waals surface area contributed by atoms with Crippen molar-refractivity contribution in [3.8, 4) is 0 Å². The van der Waals surface area contributed by atoms with Crippen LogP contribution in [0.25, 0.3) is 0 Å². The van der Waals surface area contributed by atoms with Crippen LogP contribution < -0.4 is 0 Å². The van der Waals surface area contributed by atoms with E-state index in [-0.39, 0.29) is 0 Å². The van der Waals surface area contributed by atoms with Crippen LogP contribution in [0.5, 0.6) is 0 Å². The molecule has 0 saturated carbocycles. The van der Waals surface area contributed by atoms with Crippen molar-refractivity contribution in [3.05, 3.63) is 53.1 Å². The van der Waals surface area contributed by atoms with Gasteiger partial charge in [-0.2, -0.15) is 4.31 Å². The van der Waals surface area contributed by atoms with Gasteiger partial charge in [-0.1, -0.05) is 29.8 Å². The molecule has 1 aromatic heterocycles. The molecule has 0 amide bonds. The number of hydrogen-bond donors (Lipinski definition) is 1. The van der Waals surface area contributed by atoms with E-state index in [0.717, 1.165) is 43.9 Å². The predicted octanol–water partition coefficient (Wildman–Crippen LogP) is 2.03. The second kappa shape index (κ2) is 6.48. The summed E-state index contributed by atoms with van der Waals surface area (Å²) >= 11 is 0. The zero-order valence-electron chi connectivity index (χ0n) is 15.4. The molecule has 0 aliphatic carbocycles. The molecule has 0 unspecified atom stereocenters. The second-order valence-electron chi connectivity index (χ2n) is 7.61. The maximum absolute atomic E-state index is 12.5. The molecule has 1 N–H and O–H groups in total. The molecule has 1 aromatic carbocycles. The quantitative estimate of drug-likeness (QED) is 0.892. The number of imidazole rings is 1. The smallest absolute Gasteiger partial charge is 0.212 e. The van der Waals surface area contributed by atoms with Gasteiger partial charge in [-0.05, 0) is 25.3 Å². The Bertz CT molecular complexity index is 881. The van der Waals surface area contributed by atoms with Crippen molar-refractivity contribution in [2.24, 2.45) is 0 Å². The first kappa shape index (κ1) is 17.7. The fraction of sp³-hybridized carbons (Fsp3) is 0.526. The molecule has 26 heavy (non-hydrogen) atoms. The van der Waals surface area contributed by atoms with Gasteiger partial charge >= 0.3 is 0 Å². The van der Waals surface area contributed by atoms with Crippen molar-refractivity contribution >= 4 is 10.0 Å². The first-order valence-electron chi connectivity index (χ1n) is 9.17. The lowest BCUT2D eigenvalue weighted by Gasteiger charge is -2.49. The monoisotopic (exact) mass is 374 g/mol. The number of fused-ring (bicyclic) bond motifs is 2. The minimum atomic E-state index is -3.27. The molecule has 1 saturated heterocycles. The van der Waals surface area contributed by atoms with Gasteiger partial charge in [0.05, 0.1) is 23.8 Å². The van der Waals surface area contributed by atoms with Crippen LogP contribution in [0.15, 0.2) is 30.6 Å². The van der Waals surface area contributed by atoms with E-state index in [1.54, 1.807) is 10.6 Å². The van der Waals surface area contributed by atoms with E-state index in [4.69, 9.17) is 0 Å². The van der Waals surface area contributed by atoms with E-state index in [0.29, 0.717) is 13.0 Å². The number of nitrogens with zero attached hydrogens (tertiary/aromatic N) is 3.